The van der Waals surface area contributed by atoms with Gasteiger partial charge in [0.15, 0.2) is 11.5 Å². The maximum Gasteiger partial charge on any atom is 0.307 e. The Balaban J connectivity index is 1.93. The van der Waals surface area contributed by atoms with E-state index in [4.69, 9.17) is 9.47 Å². The molecule has 0 aliphatic heterocycles. The Morgan fingerprint density at radius 1 is 1.14 bits per heavy atom. The number of aromatic nitrogens is 1. The Morgan fingerprint density at radius 3 is 2.55 bits per heavy atom. The number of para-hydroxylation sites is 2. The molecule has 116 valence electrons. The molecular weight excluding hydrogens is 284 g/mol. The summed E-state index contributed by atoms with van der Waals surface area (Å²) in [6.45, 7) is 0.487. The highest BCUT2D eigenvalue weighted by Gasteiger charge is 2.05. The molecule has 2 aromatic rings. The van der Waals surface area contributed by atoms with Crippen LogP contribution in [0.1, 0.15) is 6.42 Å². The van der Waals surface area contributed by atoms with Gasteiger partial charge in [-0.3, -0.25) is 4.79 Å². The van der Waals surface area contributed by atoms with Crippen molar-refractivity contribution in [1.29, 1.82) is 0 Å². The first kappa shape index (κ1) is 15.6. The summed E-state index contributed by atoms with van der Waals surface area (Å²) in [7, 11) is 2.96. The Labute approximate surface area is 129 Å². The lowest BCUT2D eigenvalue weighted by Gasteiger charge is -2.10. The van der Waals surface area contributed by atoms with Gasteiger partial charge in [-0.15, -0.1) is 0 Å². The first-order valence-electron chi connectivity index (χ1n) is 6.80. The average Bonchev–Trinajstić information content (AvgIpc) is 2.56. The van der Waals surface area contributed by atoms with Gasteiger partial charge in [0, 0.05) is 12.6 Å². The van der Waals surface area contributed by atoms with Gasteiger partial charge in [0.05, 0.1) is 32.5 Å². The summed E-state index contributed by atoms with van der Waals surface area (Å²) in [5.74, 6) is 1.45. The first-order chi connectivity index (χ1) is 10.7. The molecule has 0 unspecified atom stereocenters. The molecular formula is C16H18N2O4. The molecule has 1 aromatic heterocycles. The van der Waals surface area contributed by atoms with Crippen LogP contribution in [0.2, 0.25) is 0 Å². The van der Waals surface area contributed by atoms with E-state index in [1.165, 1.54) is 7.11 Å². The third kappa shape index (κ3) is 4.37. The Morgan fingerprint density at radius 2 is 1.91 bits per heavy atom. The van der Waals surface area contributed by atoms with Gasteiger partial charge in [0.1, 0.15) is 0 Å². The van der Waals surface area contributed by atoms with Crippen LogP contribution in [0.15, 0.2) is 42.6 Å². The van der Waals surface area contributed by atoms with Crippen molar-refractivity contribution in [2.24, 2.45) is 0 Å². The predicted molar refractivity (Wildman–Crippen MR) is 82.4 cm³/mol. The second-order valence-corrected chi connectivity index (χ2v) is 4.39. The smallest absolute Gasteiger partial charge is 0.307 e. The monoisotopic (exact) mass is 302 g/mol. The lowest BCUT2D eigenvalue weighted by molar-refractivity contribution is -0.140. The number of carbonyl (C=O) groups excluding carboxylic acids is 1. The summed E-state index contributed by atoms with van der Waals surface area (Å²) < 4.78 is 15.5. The molecule has 0 bridgehead atoms. The van der Waals surface area contributed by atoms with Crippen molar-refractivity contribution in [3.05, 3.63) is 42.6 Å². The highest BCUT2D eigenvalue weighted by molar-refractivity contribution is 5.69. The molecule has 2 rings (SSSR count). The number of hydrogen-bond acceptors (Lipinski definition) is 6. The SMILES string of the molecule is COC(=O)CCNc1ccc(Oc2ccccc2OC)nc1. The minimum Gasteiger partial charge on any atom is -0.493 e. The number of anilines is 1. The number of methoxy groups -OCH3 is 2. The van der Waals surface area contributed by atoms with Gasteiger partial charge >= 0.3 is 5.97 Å². The zero-order chi connectivity index (χ0) is 15.8. The highest BCUT2D eigenvalue weighted by Crippen LogP contribution is 2.30. The van der Waals surface area contributed by atoms with E-state index >= 15 is 0 Å². The van der Waals surface area contributed by atoms with Crippen LogP contribution in [0.3, 0.4) is 0 Å². The van der Waals surface area contributed by atoms with Crippen LogP contribution < -0.4 is 14.8 Å². The van der Waals surface area contributed by atoms with E-state index in [9.17, 15) is 4.79 Å². The van der Waals surface area contributed by atoms with Crippen molar-refractivity contribution in [2.75, 3.05) is 26.1 Å². The summed E-state index contributed by atoms with van der Waals surface area (Å²) in [5.41, 5.74) is 0.802. The normalized spacial score (nSPS) is 9.91. The fourth-order valence-corrected chi connectivity index (χ4v) is 1.77. The quantitative estimate of drug-likeness (QED) is 0.793. The zero-order valence-corrected chi connectivity index (χ0v) is 12.5. The van der Waals surface area contributed by atoms with Gasteiger partial charge < -0.3 is 19.5 Å². The summed E-state index contributed by atoms with van der Waals surface area (Å²) >= 11 is 0. The second kappa shape index (κ2) is 7.87. The zero-order valence-electron chi connectivity index (χ0n) is 12.5. The maximum atomic E-state index is 11.0. The molecule has 0 aliphatic rings. The van der Waals surface area contributed by atoms with Crippen molar-refractivity contribution in [3.63, 3.8) is 0 Å². The Bertz CT molecular complexity index is 614. The maximum absolute atomic E-state index is 11.0. The summed E-state index contributed by atoms with van der Waals surface area (Å²) in [5, 5.41) is 3.08. The third-order valence-electron chi connectivity index (χ3n) is 2.91. The molecule has 0 fully saturated rings. The minimum absolute atomic E-state index is 0.253. The van der Waals surface area contributed by atoms with Crippen molar-refractivity contribution in [1.82, 2.24) is 4.98 Å². The number of esters is 1. The molecule has 0 atom stereocenters. The van der Waals surface area contributed by atoms with Crippen molar-refractivity contribution in [2.45, 2.75) is 6.42 Å². The van der Waals surface area contributed by atoms with Gasteiger partial charge in [-0.05, 0) is 18.2 Å². The third-order valence-corrected chi connectivity index (χ3v) is 2.91. The number of benzene rings is 1. The number of nitrogens with zero attached hydrogens (tertiary/aromatic N) is 1. The molecule has 0 aliphatic carbocycles. The predicted octanol–water partition coefficient (Wildman–Crippen LogP) is 2.86. The molecule has 1 heterocycles. The molecule has 6 heteroatoms. The highest BCUT2D eigenvalue weighted by atomic mass is 16.5. The van der Waals surface area contributed by atoms with E-state index < -0.39 is 0 Å². The minimum atomic E-state index is -0.253. The molecule has 0 radical (unpaired) electrons. The van der Waals surface area contributed by atoms with E-state index in [1.807, 2.05) is 30.3 Å². The van der Waals surface area contributed by atoms with Crippen LogP contribution >= 0.6 is 0 Å². The molecule has 0 amide bonds. The molecule has 6 nitrogen and oxygen atoms in total. The lowest BCUT2D eigenvalue weighted by atomic mass is 10.3. The molecule has 1 N–H and O–H groups in total. The standard InChI is InChI=1S/C16H18N2O4/c1-20-13-5-3-4-6-14(13)22-15-8-7-12(11-18-15)17-10-9-16(19)21-2/h3-8,11,17H,9-10H2,1-2H3. The Kier molecular flexibility index (Phi) is 5.59. The van der Waals surface area contributed by atoms with Crippen LogP contribution in [-0.4, -0.2) is 31.7 Å². The van der Waals surface area contributed by atoms with Crippen molar-refractivity contribution >= 4 is 11.7 Å². The largest absolute Gasteiger partial charge is 0.493 e. The van der Waals surface area contributed by atoms with Crippen molar-refractivity contribution in [3.8, 4) is 17.4 Å². The van der Waals surface area contributed by atoms with Gasteiger partial charge in [0.25, 0.3) is 0 Å². The summed E-state index contributed by atoms with van der Waals surface area (Å²) in [6.07, 6.45) is 1.94. The molecule has 0 saturated carbocycles. The second-order valence-electron chi connectivity index (χ2n) is 4.39. The van der Waals surface area contributed by atoms with Crippen molar-refractivity contribution < 1.29 is 19.0 Å². The number of carbonyl (C=O) groups is 1. The van der Waals surface area contributed by atoms with E-state index in [0.717, 1.165) is 5.69 Å². The number of ether oxygens (including phenoxy) is 3. The molecule has 0 saturated heterocycles. The average molecular weight is 302 g/mol. The van der Waals surface area contributed by atoms with E-state index in [1.54, 1.807) is 19.4 Å². The number of pyridine rings is 1. The van der Waals surface area contributed by atoms with Crippen LogP contribution in [0.5, 0.6) is 17.4 Å². The summed E-state index contributed by atoms with van der Waals surface area (Å²) in [6, 6.07) is 10.9. The number of rotatable bonds is 7. The van der Waals surface area contributed by atoms with Crippen LogP contribution in [0, 0.1) is 0 Å². The van der Waals surface area contributed by atoms with Gasteiger partial charge in [-0.1, -0.05) is 12.1 Å². The number of hydrogen-bond donors (Lipinski definition) is 1. The number of nitrogens with one attached hydrogen (secondary N) is 1. The van der Waals surface area contributed by atoms with E-state index in [0.29, 0.717) is 30.3 Å². The lowest BCUT2D eigenvalue weighted by Crippen LogP contribution is -2.09. The van der Waals surface area contributed by atoms with Crippen LogP contribution in [0.25, 0.3) is 0 Å². The van der Waals surface area contributed by atoms with E-state index in [-0.39, 0.29) is 5.97 Å². The summed E-state index contributed by atoms with van der Waals surface area (Å²) in [4.78, 5) is 15.2. The first-order valence-corrected chi connectivity index (χ1v) is 6.80. The fourth-order valence-electron chi connectivity index (χ4n) is 1.77. The van der Waals surface area contributed by atoms with E-state index in [2.05, 4.69) is 15.0 Å². The van der Waals surface area contributed by atoms with Gasteiger partial charge in [-0.2, -0.15) is 0 Å². The van der Waals surface area contributed by atoms with Crippen LogP contribution in [0.4, 0.5) is 5.69 Å². The van der Waals surface area contributed by atoms with Gasteiger partial charge in [-0.25, -0.2) is 4.98 Å². The molecule has 0 spiro atoms. The molecule has 22 heavy (non-hydrogen) atoms. The van der Waals surface area contributed by atoms with Gasteiger partial charge in [0.2, 0.25) is 5.88 Å². The topological polar surface area (TPSA) is 69.7 Å². The molecule has 1 aromatic carbocycles. The fraction of sp³-hybridized carbons (Fsp3) is 0.250. The van der Waals surface area contributed by atoms with Crippen LogP contribution in [-0.2, 0) is 9.53 Å². The Hall–Kier alpha value is -2.76.